The number of rotatable bonds is 6. The van der Waals surface area contributed by atoms with Gasteiger partial charge in [-0.1, -0.05) is 6.07 Å². The van der Waals surface area contributed by atoms with Crippen molar-refractivity contribution in [3.8, 4) is 11.5 Å². The summed E-state index contributed by atoms with van der Waals surface area (Å²) in [5.74, 6) is 1.58. The number of ether oxygens (including phenoxy) is 2. The Morgan fingerprint density at radius 1 is 1.10 bits per heavy atom. The summed E-state index contributed by atoms with van der Waals surface area (Å²) in [4.78, 5) is 0. The van der Waals surface area contributed by atoms with Gasteiger partial charge < -0.3 is 20.5 Å². The number of benzene rings is 1. The van der Waals surface area contributed by atoms with Gasteiger partial charge >= 0.3 is 0 Å². The Hall–Kier alpha value is -1.26. The van der Waals surface area contributed by atoms with Crippen LogP contribution in [0.3, 0.4) is 0 Å². The van der Waals surface area contributed by atoms with Crippen molar-refractivity contribution < 1.29 is 9.47 Å². The van der Waals surface area contributed by atoms with Crippen molar-refractivity contribution in [2.24, 2.45) is 5.73 Å². The van der Waals surface area contributed by atoms with Crippen LogP contribution < -0.4 is 20.5 Å². The van der Waals surface area contributed by atoms with Crippen LogP contribution in [0.25, 0.3) is 0 Å². The van der Waals surface area contributed by atoms with Gasteiger partial charge in [0.2, 0.25) is 0 Å². The van der Waals surface area contributed by atoms with Crippen molar-refractivity contribution in [3.05, 3.63) is 23.8 Å². The Bertz CT molecular complexity index is 415. The van der Waals surface area contributed by atoms with E-state index in [1.807, 2.05) is 6.07 Å². The van der Waals surface area contributed by atoms with E-state index >= 15 is 0 Å². The van der Waals surface area contributed by atoms with Gasteiger partial charge in [-0.05, 0) is 56.3 Å². The van der Waals surface area contributed by atoms with E-state index < -0.39 is 0 Å². The second-order valence-electron chi connectivity index (χ2n) is 5.51. The molecule has 4 heteroatoms. The zero-order chi connectivity index (χ0) is 14.4. The lowest BCUT2D eigenvalue weighted by molar-refractivity contribution is 0.344. The molecule has 0 heterocycles. The van der Waals surface area contributed by atoms with Crippen LogP contribution in [0.1, 0.15) is 31.2 Å². The smallest absolute Gasteiger partial charge is 0.160 e. The maximum atomic E-state index is 5.92. The SMILES string of the molecule is COc1ccc(CCNC2CCC(N)CC2)cc1OC. The molecule has 112 valence electrons. The minimum absolute atomic E-state index is 0.416. The first kappa shape index (κ1) is 15.1. The van der Waals surface area contributed by atoms with E-state index in [4.69, 9.17) is 15.2 Å². The summed E-state index contributed by atoms with van der Waals surface area (Å²) < 4.78 is 10.6. The molecule has 4 nitrogen and oxygen atoms in total. The molecule has 0 amide bonds. The average molecular weight is 278 g/mol. The standard InChI is InChI=1S/C16H26N2O2/c1-19-15-8-3-12(11-16(15)20-2)9-10-18-14-6-4-13(17)5-7-14/h3,8,11,13-14,18H,4-7,9-10,17H2,1-2H3. The third-order valence-corrected chi connectivity index (χ3v) is 4.07. The Balaban J connectivity index is 1.79. The average Bonchev–Trinajstić information content (AvgIpc) is 2.49. The molecular formula is C16H26N2O2. The first-order valence-corrected chi connectivity index (χ1v) is 7.42. The van der Waals surface area contributed by atoms with Crippen molar-refractivity contribution in [2.75, 3.05) is 20.8 Å². The first-order valence-electron chi connectivity index (χ1n) is 7.42. The highest BCUT2D eigenvalue weighted by molar-refractivity contribution is 5.42. The molecule has 1 aromatic rings. The zero-order valence-corrected chi connectivity index (χ0v) is 12.5. The summed E-state index contributed by atoms with van der Waals surface area (Å²) in [5.41, 5.74) is 7.19. The third kappa shape index (κ3) is 4.12. The Kier molecular flexibility index (Phi) is 5.68. The molecule has 0 unspecified atom stereocenters. The summed E-state index contributed by atoms with van der Waals surface area (Å²) in [6.07, 6.45) is 5.70. The lowest BCUT2D eigenvalue weighted by atomic mass is 9.92. The van der Waals surface area contributed by atoms with Crippen LogP contribution in [0.2, 0.25) is 0 Å². The van der Waals surface area contributed by atoms with Crippen LogP contribution in [0.4, 0.5) is 0 Å². The minimum Gasteiger partial charge on any atom is -0.493 e. The predicted molar refractivity (Wildman–Crippen MR) is 81.5 cm³/mol. The second kappa shape index (κ2) is 7.50. The molecule has 1 aromatic carbocycles. The fourth-order valence-corrected chi connectivity index (χ4v) is 2.78. The Labute approximate surface area is 121 Å². The summed E-state index contributed by atoms with van der Waals surface area (Å²) >= 11 is 0. The molecule has 2 rings (SSSR count). The molecule has 0 aromatic heterocycles. The second-order valence-corrected chi connectivity index (χ2v) is 5.51. The maximum absolute atomic E-state index is 5.92. The topological polar surface area (TPSA) is 56.5 Å². The Morgan fingerprint density at radius 3 is 2.45 bits per heavy atom. The molecule has 0 aliphatic heterocycles. The normalized spacial score (nSPS) is 22.6. The fourth-order valence-electron chi connectivity index (χ4n) is 2.78. The van der Waals surface area contributed by atoms with Crippen molar-refractivity contribution in [3.63, 3.8) is 0 Å². The van der Waals surface area contributed by atoms with Gasteiger partial charge in [-0.25, -0.2) is 0 Å². The molecule has 0 spiro atoms. The van der Waals surface area contributed by atoms with Gasteiger partial charge in [0.15, 0.2) is 11.5 Å². The van der Waals surface area contributed by atoms with Crippen LogP contribution in [0, 0.1) is 0 Å². The van der Waals surface area contributed by atoms with Crippen molar-refractivity contribution >= 4 is 0 Å². The van der Waals surface area contributed by atoms with Gasteiger partial charge in [0.25, 0.3) is 0 Å². The van der Waals surface area contributed by atoms with E-state index in [0.29, 0.717) is 12.1 Å². The molecule has 0 bridgehead atoms. The van der Waals surface area contributed by atoms with Gasteiger partial charge in [-0.3, -0.25) is 0 Å². The summed E-state index contributed by atoms with van der Waals surface area (Å²) in [5, 5.41) is 3.63. The molecule has 20 heavy (non-hydrogen) atoms. The lowest BCUT2D eigenvalue weighted by Gasteiger charge is -2.27. The van der Waals surface area contributed by atoms with Gasteiger partial charge in [-0.2, -0.15) is 0 Å². The van der Waals surface area contributed by atoms with Crippen LogP contribution >= 0.6 is 0 Å². The van der Waals surface area contributed by atoms with E-state index in [0.717, 1.165) is 37.3 Å². The number of nitrogens with one attached hydrogen (secondary N) is 1. The van der Waals surface area contributed by atoms with Gasteiger partial charge in [-0.15, -0.1) is 0 Å². The van der Waals surface area contributed by atoms with Gasteiger partial charge in [0, 0.05) is 12.1 Å². The molecular weight excluding hydrogens is 252 g/mol. The van der Waals surface area contributed by atoms with Crippen LogP contribution in [-0.4, -0.2) is 32.8 Å². The van der Waals surface area contributed by atoms with Crippen LogP contribution in [-0.2, 0) is 6.42 Å². The summed E-state index contributed by atoms with van der Waals surface area (Å²) in [6.45, 7) is 0.995. The molecule has 3 N–H and O–H groups in total. The fraction of sp³-hybridized carbons (Fsp3) is 0.625. The van der Waals surface area contributed by atoms with E-state index in [2.05, 4.69) is 17.4 Å². The molecule has 1 fully saturated rings. The molecule has 1 saturated carbocycles. The van der Waals surface area contributed by atoms with Gasteiger partial charge in [0.05, 0.1) is 14.2 Å². The largest absolute Gasteiger partial charge is 0.493 e. The number of hydrogen-bond donors (Lipinski definition) is 2. The molecule has 0 atom stereocenters. The zero-order valence-electron chi connectivity index (χ0n) is 12.5. The van der Waals surface area contributed by atoms with E-state index in [-0.39, 0.29) is 0 Å². The highest BCUT2D eigenvalue weighted by Crippen LogP contribution is 2.27. The number of hydrogen-bond acceptors (Lipinski definition) is 4. The van der Waals surface area contributed by atoms with Crippen molar-refractivity contribution in [1.82, 2.24) is 5.32 Å². The monoisotopic (exact) mass is 278 g/mol. The third-order valence-electron chi connectivity index (χ3n) is 4.07. The highest BCUT2D eigenvalue weighted by Gasteiger charge is 2.17. The van der Waals surface area contributed by atoms with Gasteiger partial charge in [0.1, 0.15) is 0 Å². The summed E-state index contributed by atoms with van der Waals surface area (Å²) in [6, 6.07) is 7.17. The van der Waals surface area contributed by atoms with E-state index in [1.165, 1.54) is 18.4 Å². The van der Waals surface area contributed by atoms with E-state index in [9.17, 15) is 0 Å². The molecule has 0 saturated heterocycles. The minimum atomic E-state index is 0.416. The molecule has 1 aliphatic rings. The number of methoxy groups -OCH3 is 2. The summed E-state index contributed by atoms with van der Waals surface area (Å²) in [7, 11) is 3.33. The van der Waals surface area contributed by atoms with Crippen molar-refractivity contribution in [1.29, 1.82) is 0 Å². The van der Waals surface area contributed by atoms with Crippen LogP contribution in [0.15, 0.2) is 18.2 Å². The molecule has 0 radical (unpaired) electrons. The van der Waals surface area contributed by atoms with Crippen molar-refractivity contribution in [2.45, 2.75) is 44.2 Å². The van der Waals surface area contributed by atoms with Crippen LogP contribution in [0.5, 0.6) is 11.5 Å². The first-order chi connectivity index (χ1) is 9.72. The Morgan fingerprint density at radius 2 is 1.80 bits per heavy atom. The number of nitrogens with two attached hydrogens (primary N) is 1. The quantitative estimate of drug-likeness (QED) is 0.837. The maximum Gasteiger partial charge on any atom is 0.160 e. The lowest BCUT2D eigenvalue weighted by Crippen LogP contribution is -2.38. The molecule has 1 aliphatic carbocycles. The predicted octanol–water partition coefficient (Wildman–Crippen LogP) is 2.11. The highest BCUT2D eigenvalue weighted by atomic mass is 16.5. The van der Waals surface area contributed by atoms with E-state index in [1.54, 1.807) is 14.2 Å².